The summed E-state index contributed by atoms with van der Waals surface area (Å²) in [7, 11) is 0. The van der Waals surface area contributed by atoms with Gasteiger partial charge in [-0.25, -0.2) is 0 Å². The predicted molar refractivity (Wildman–Crippen MR) is 101 cm³/mol. The number of rotatable bonds is 7. The Morgan fingerprint density at radius 2 is 1.71 bits per heavy atom. The van der Waals surface area contributed by atoms with Gasteiger partial charge in [0.2, 0.25) is 5.91 Å². The number of hydrogen-bond donors (Lipinski definition) is 0. The van der Waals surface area contributed by atoms with E-state index in [1.807, 2.05) is 17.0 Å². The van der Waals surface area contributed by atoms with E-state index in [9.17, 15) is 4.79 Å². The summed E-state index contributed by atoms with van der Waals surface area (Å²) < 4.78 is 5.60. The van der Waals surface area contributed by atoms with E-state index in [4.69, 9.17) is 16.3 Å². The number of piperazine rings is 1. The largest absolute Gasteiger partial charge is 0.493 e. The number of amides is 1. The first-order valence-corrected chi connectivity index (χ1v) is 8.92. The van der Waals surface area contributed by atoms with Gasteiger partial charge in [-0.1, -0.05) is 25.4 Å². The predicted octanol–water partition coefficient (Wildman–Crippen LogP) is 3.86. The van der Waals surface area contributed by atoms with Crippen molar-refractivity contribution in [1.29, 1.82) is 0 Å². The Bertz CT molecular complexity index is 484. The second-order valence-electron chi connectivity index (χ2n) is 5.94. The van der Waals surface area contributed by atoms with Crippen LogP contribution in [0.2, 0.25) is 5.02 Å². The molecule has 1 amide bonds. The molecule has 0 bridgehead atoms. The van der Waals surface area contributed by atoms with Gasteiger partial charge >= 0.3 is 0 Å². The highest BCUT2D eigenvalue weighted by Crippen LogP contribution is 2.16. The summed E-state index contributed by atoms with van der Waals surface area (Å²) in [5.74, 6) is 0.934. The average molecular weight is 375 g/mol. The maximum absolute atomic E-state index is 12.3. The fourth-order valence-corrected chi connectivity index (χ4v) is 3.21. The van der Waals surface area contributed by atoms with Crippen LogP contribution in [0.25, 0.3) is 0 Å². The molecule has 1 fully saturated rings. The molecule has 1 aliphatic rings. The fraction of sp³-hybridized carbons (Fsp3) is 0.611. The Labute approximate surface area is 156 Å². The van der Waals surface area contributed by atoms with Gasteiger partial charge in [-0.2, -0.15) is 0 Å². The van der Waals surface area contributed by atoms with Gasteiger partial charge in [-0.05, 0) is 37.1 Å². The number of carbonyl (C=O) groups is 1. The molecule has 1 saturated heterocycles. The normalized spacial score (nSPS) is 15.2. The Balaban J connectivity index is 0.00000288. The molecule has 1 heterocycles. The summed E-state index contributed by atoms with van der Waals surface area (Å²) >= 11 is 5.83. The van der Waals surface area contributed by atoms with E-state index in [0.29, 0.717) is 24.1 Å². The summed E-state index contributed by atoms with van der Waals surface area (Å²) in [4.78, 5) is 16.7. The van der Waals surface area contributed by atoms with Crippen molar-refractivity contribution < 1.29 is 9.53 Å². The molecule has 0 spiro atoms. The Hall–Kier alpha value is -0.970. The molecular formula is C18H28Cl2N2O2. The molecule has 0 saturated carbocycles. The number of halogens is 2. The second-order valence-corrected chi connectivity index (χ2v) is 6.38. The third-order valence-corrected chi connectivity index (χ3v) is 4.78. The molecule has 4 nitrogen and oxygen atoms in total. The fourth-order valence-electron chi connectivity index (χ4n) is 3.09. The van der Waals surface area contributed by atoms with Crippen molar-refractivity contribution in [3.8, 4) is 5.75 Å². The van der Waals surface area contributed by atoms with Crippen LogP contribution in [0, 0.1) is 0 Å². The molecular weight excluding hydrogens is 347 g/mol. The zero-order valence-electron chi connectivity index (χ0n) is 14.5. The summed E-state index contributed by atoms with van der Waals surface area (Å²) in [5, 5.41) is 0.684. The van der Waals surface area contributed by atoms with Crippen LogP contribution in [-0.4, -0.2) is 54.5 Å². The lowest BCUT2D eigenvalue weighted by Crippen LogP contribution is -2.51. The molecule has 1 aromatic carbocycles. The molecule has 1 aromatic rings. The van der Waals surface area contributed by atoms with E-state index in [0.717, 1.165) is 31.9 Å². The van der Waals surface area contributed by atoms with Crippen molar-refractivity contribution in [2.24, 2.45) is 0 Å². The molecule has 0 radical (unpaired) electrons. The number of benzene rings is 1. The van der Waals surface area contributed by atoms with Gasteiger partial charge in [0.25, 0.3) is 0 Å². The molecule has 2 rings (SSSR count). The first kappa shape index (κ1) is 21.1. The third-order valence-electron chi connectivity index (χ3n) is 4.52. The maximum atomic E-state index is 12.3. The van der Waals surface area contributed by atoms with Crippen molar-refractivity contribution in [3.05, 3.63) is 29.3 Å². The average Bonchev–Trinajstić information content (AvgIpc) is 2.58. The van der Waals surface area contributed by atoms with Crippen molar-refractivity contribution in [2.75, 3.05) is 32.8 Å². The van der Waals surface area contributed by atoms with E-state index in [2.05, 4.69) is 18.7 Å². The topological polar surface area (TPSA) is 32.8 Å². The lowest BCUT2D eigenvalue weighted by atomic mass is 10.1. The van der Waals surface area contributed by atoms with E-state index < -0.39 is 0 Å². The molecule has 136 valence electrons. The smallest absolute Gasteiger partial charge is 0.226 e. The molecule has 24 heavy (non-hydrogen) atoms. The number of carbonyl (C=O) groups excluding carboxylic acids is 1. The zero-order chi connectivity index (χ0) is 16.7. The van der Waals surface area contributed by atoms with Crippen LogP contribution in [0.5, 0.6) is 5.75 Å². The minimum atomic E-state index is 0. The Morgan fingerprint density at radius 1 is 1.12 bits per heavy atom. The highest BCUT2D eigenvalue weighted by atomic mass is 35.5. The minimum absolute atomic E-state index is 0. The first-order chi connectivity index (χ1) is 11.1. The standard InChI is InChI=1S/C18H27ClN2O2.ClH/c1-3-16(4-2)20-10-12-21(13-11-20)18(22)9-14-23-17-7-5-15(19)6-8-17;/h5-8,16H,3-4,9-14H2,1-2H3;1H. The lowest BCUT2D eigenvalue weighted by molar-refractivity contribution is -0.133. The molecule has 1 aliphatic heterocycles. The van der Waals surface area contributed by atoms with Gasteiger partial charge in [0.1, 0.15) is 5.75 Å². The number of nitrogens with zero attached hydrogens (tertiary/aromatic N) is 2. The molecule has 6 heteroatoms. The first-order valence-electron chi connectivity index (χ1n) is 8.54. The minimum Gasteiger partial charge on any atom is -0.493 e. The van der Waals surface area contributed by atoms with E-state index >= 15 is 0 Å². The molecule has 0 atom stereocenters. The Kier molecular flexibility index (Phi) is 9.49. The molecule has 0 aliphatic carbocycles. The highest BCUT2D eigenvalue weighted by Gasteiger charge is 2.24. The summed E-state index contributed by atoms with van der Waals surface area (Å²) in [6, 6.07) is 7.87. The van der Waals surface area contributed by atoms with Gasteiger partial charge < -0.3 is 9.64 Å². The van der Waals surface area contributed by atoms with Gasteiger partial charge in [0.15, 0.2) is 0 Å². The third kappa shape index (κ3) is 6.15. The molecule has 0 aromatic heterocycles. The van der Waals surface area contributed by atoms with Crippen molar-refractivity contribution in [3.63, 3.8) is 0 Å². The van der Waals surface area contributed by atoms with E-state index in [1.54, 1.807) is 12.1 Å². The highest BCUT2D eigenvalue weighted by molar-refractivity contribution is 6.30. The van der Waals surface area contributed by atoms with Crippen molar-refractivity contribution in [2.45, 2.75) is 39.2 Å². The quantitative estimate of drug-likeness (QED) is 0.726. The van der Waals surface area contributed by atoms with E-state index in [1.165, 1.54) is 12.8 Å². The summed E-state index contributed by atoms with van der Waals surface area (Å²) in [6.07, 6.45) is 2.78. The van der Waals surface area contributed by atoms with Crippen LogP contribution in [0.4, 0.5) is 0 Å². The van der Waals surface area contributed by atoms with Crippen LogP contribution >= 0.6 is 24.0 Å². The van der Waals surface area contributed by atoms with Gasteiger partial charge in [-0.15, -0.1) is 12.4 Å². The van der Waals surface area contributed by atoms with Gasteiger partial charge in [-0.3, -0.25) is 9.69 Å². The molecule has 0 unspecified atom stereocenters. The van der Waals surface area contributed by atoms with Crippen LogP contribution in [0.15, 0.2) is 24.3 Å². The maximum Gasteiger partial charge on any atom is 0.226 e. The number of ether oxygens (including phenoxy) is 1. The Morgan fingerprint density at radius 3 is 2.25 bits per heavy atom. The van der Waals surface area contributed by atoms with Crippen molar-refractivity contribution in [1.82, 2.24) is 9.80 Å². The van der Waals surface area contributed by atoms with Crippen LogP contribution in [0.1, 0.15) is 33.1 Å². The SMILES string of the molecule is CCC(CC)N1CCN(C(=O)CCOc2ccc(Cl)cc2)CC1.Cl. The van der Waals surface area contributed by atoms with Crippen LogP contribution < -0.4 is 4.74 Å². The lowest BCUT2D eigenvalue weighted by Gasteiger charge is -2.38. The summed E-state index contributed by atoms with van der Waals surface area (Å²) in [5.41, 5.74) is 0. The van der Waals surface area contributed by atoms with Crippen LogP contribution in [0.3, 0.4) is 0 Å². The monoisotopic (exact) mass is 374 g/mol. The van der Waals surface area contributed by atoms with E-state index in [-0.39, 0.29) is 18.3 Å². The van der Waals surface area contributed by atoms with Gasteiger partial charge in [0.05, 0.1) is 13.0 Å². The van der Waals surface area contributed by atoms with Crippen molar-refractivity contribution >= 4 is 29.9 Å². The zero-order valence-corrected chi connectivity index (χ0v) is 16.1. The summed E-state index contributed by atoms with van der Waals surface area (Å²) in [6.45, 7) is 8.51. The second kappa shape index (κ2) is 10.8. The molecule has 0 N–H and O–H groups in total. The van der Waals surface area contributed by atoms with Crippen LogP contribution in [-0.2, 0) is 4.79 Å². The van der Waals surface area contributed by atoms with Gasteiger partial charge in [0, 0.05) is 37.2 Å². The number of hydrogen-bond acceptors (Lipinski definition) is 3.